The summed E-state index contributed by atoms with van der Waals surface area (Å²) in [5.74, 6) is -0.207. The molecule has 0 saturated heterocycles. The number of ether oxygens (including phenoxy) is 1. The summed E-state index contributed by atoms with van der Waals surface area (Å²) in [5, 5.41) is 0. The Morgan fingerprint density at radius 1 is 1.24 bits per heavy atom. The highest BCUT2D eigenvalue weighted by Gasteiger charge is 2.10. The second kappa shape index (κ2) is 9.08. The summed E-state index contributed by atoms with van der Waals surface area (Å²) >= 11 is 0. The summed E-state index contributed by atoms with van der Waals surface area (Å²) in [6, 6.07) is 8.04. The fourth-order valence-corrected chi connectivity index (χ4v) is 2.01. The maximum absolute atomic E-state index is 11.5. The lowest BCUT2D eigenvalue weighted by molar-refractivity contribution is -0.686. The Morgan fingerprint density at radius 2 is 2.00 bits per heavy atom. The molecule has 0 spiro atoms. The molecule has 0 aromatic carbocycles. The van der Waals surface area contributed by atoms with Gasteiger partial charge in [-0.2, -0.15) is 4.57 Å². The lowest BCUT2D eigenvalue weighted by atomic mass is 10.1. The molecular weight excluding hydrogens is 288 g/mol. The van der Waals surface area contributed by atoms with Gasteiger partial charge in [0.25, 0.3) is 0 Å². The number of hydrogen-bond donors (Lipinski definition) is 0. The molecule has 0 fully saturated rings. The Bertz CT molecular complexity index is 561. The van der Waals surface area contributed by atoms with Crippen molar-refractivity contribution >= 4 is 5.97 Å². The van der Waals surface area contributed by atoms with Gasteiger partial charge in [-0.15, -0.1) is 0 Å². The van der Waals surface area contributed by atoms with Crippen molar-refractivity contribution < 1.29 is 26.5 Å². The van der Waals surface area contributed by atoms with Gasteiger partial charge in [0.15, 0.2) is 12.4 Å². The van der Waals surface area contributed by atoms with Crippen molar-refractivity contribution in [3.63, 3.8) is 0 Å². The first kappa shape index (κ1) is 17.1. The molecule has 112 valence electrons. The van der Waals surface area contributed by atoms with Gasteiger partial charge in [0.2, 0.25) is 6.54 Å². The number of carbonyl (C=O) groups excluding carboxylic acids is 1. The van der Waals surface area contributed by atoms with E-state index in [-0.39, 0.29) is 24.9 Å². The molecule has 0 aliphatic heterocycles. The van der Waals surface area contributed by atoms with Crippen LogP contribution in [0.15, 0.2) is 49.1 Å². The molecule has 0 atom stereocenters. The number of halogens is 1. The van der Waals surface area contributed by atoms with Gasteiger partial charge < -0.3 is 17.1 Å². The fraction of sp³-hybridized carbons (Fsp3) is 0.312. The normalized spacial score (nSPS) is 9.76. The highest BCUT2D eigenvalue weighted by Crippen LogP contribution is 2.04. The van der Waals surface area contributed by atoms with Crippen LogP contribution in [-0.2, 0) is 28.9 Å². The first-order valence-electron chi connectivity index (χ1n) is 6.80. The van der Waals surface area contributed by atoms with E-state index in [9.17, 15) is 4.79 Å². The summed E-state index contributed by atoms with van der Waals surface area (Å²) in [6.07, 6.45) is 9.40. The van der Waals surface area contributed by atoms with Crippen molar-refractivity contribution in [2.24, 2.45) is 0 Å². The van der Waals surface area contributed by atoms with Gasteiger partial charge in [-0.05, 0) is 37.5 Å². The summed E-state index contributed by atoms with van der Waals surface area (Å²) in [6.45, 7) is 2.49. The molecule has 0 radical (unpaired) electrons. The molecule has 0 aliphatic carbocycles. The lowest BCUT2D eigenvalue weighted by Gasteiger charge is -2.02. The summed E-state index contributed by atoms with van der Waals surface area (Å²) in [5.41, 5.74) is 2.41. The van der Waals surface area contributed by atoms with Crippen LogP contribution in [0.4, 0.5) is 0 Å². The molecule has 0 saturated carbocycles. The zero-order valence-corrected chi connectivity index (χ0v) is 12.8. The highest BCUT2D eigenvalue weighted by atomic mass is 35.5. The topological polar surface area (TPSA) is 43.1 Å². The van der Waals surface area contributed by atoms with Gasteiger partial charge in [-0.1, -0.05) is 6.07 Å². The third kappa shape index (κ3) is 5.92. The number of nitrogens with zero attached hydrogens (tertiary/aromatic N) is 2. The molecule has 0 unspecified atom stereocenters. The van der Waals surface area contributed by atoms with E-state index in [0.717, 1.165) is 12.8 Å². The average Bonchev–Trinajstić information content (AvgIpc) is 2.47. The molecule has 21 heavy (non-hydrogen) atoms. The van der Waals surface area contributed by atoms with Crippen LogP contribution in [0.1, 0.15) is 18.1 Å². The van der Waals surface area contributed by atoms with E-state index in [1.165, 1.54) is 11.1 Å². The quantitative estimate of drug-likeness (QED) is 0.493. The third-order valence-corrected chi connectivity index (χ3v) is 2.96. The highest BCUT2D eigenvalue weighted by molar-refractivity contribution is 5.67. The Morgan fingerprint density at radius 3 is 2.71 bits per heavy atom. The molecule has 2 heterocycles. The smallest absolute Gasteiger partial charge is 0.372 e. The molecule has 2 aromatic heterocycles. The molecule has 0 aliphatic rings. The number of carbonyl (C=O) groups is 1. The second-order valence-corrected chi connectivity index (χ2v) is 4.55. The number of aromatic nitrogens is 2. The van der Waals surface area contributed by atoms with Crippen LogP contribution in [0.25, 0.3) is 0 Å². The monoisotopic (exact) mass is 306 g/mol. The van der Waals surface area contributed by atoms with Crippen molar-refractivity contribution in [1.82, 2.24) is 4.98 Å². The SMILES string of the molecule is CCOC(=O)C[n+]1cccc(CCc2cccnc2)c1.[Cl-]. The first-order chi connectivity index (χ1) is 9.78. The van der Waals surface area contributed by atoms with Gasteiger partial charge in [-0.3, -0.25) is 4.98 Å². The fourth-order valence-electron chi connectivity index (χ4n) is 2.01. The van der Waals surface area contributed by atoms with Crippen molar-refractivity contribution in [2.45, 2.75) is 26.3 Å². The predicted octanol–water partition coefficient (Wildman–Crippen LogP) is -1.28. The van der Waals surface area contributed by atoms with Crippen LogP contribution >= 0.6 is 0 Å². The van der Waals surface area contributed by atoms with E-state index in [2.05, 4.69) is 17.1 Å². The van der Waals surface area contributed by atoms with E-state index >= 15 is 0 Å². The molecule has 0 N–H and O–H groups in total. The molecule has 0 bridgehead atoms. The second-order valence-electron chi connectivity index (χ2n) is 4.55. The van der Waals surface area contributed by atoms with Gasteiger partial charge in [0, 0.05) is 24.0 Å². The summed E-state index contributed by atoms with van der Waals surface area (Å²) < 4.78 is 6.80. The minimum atomic E-state index is -0.207. The minimum absolute atomic E-state index is 0. The first-order valence-corrected chi connectivity index (χ1v) is 6.80. The van der Waals surface area contributed by atoms with Gasteiger partial charge in [0.1, 0.15) is 0 Å². The third-order valence-electron chi connectivity index (χ3n) is 2.96. The Kier molecular flexibility index (Phi) is 7.40. The maximum Gasteiger partial charge on any atom is 0.372 e. The van der Waals surface area contributed by atoms with E-state index in [0.29, 0.717) is 6.61 Å². The van der Waals surface area contributed by atoms with Crippen LogP contribution in [-0.4, -0.2) is 17.6 Å². The van der Waals surface area contributed by atoms with Crippen molar-refractivity contribution in [3.05, 3.63) is 60.2 Å². The van der Waals surface area contributed by atoms with Gasteiger partial charge >= 0.3 is 5.97 Å². The van der Waals surface area contributed by atoms with Crippen LogP contribution < -0.4 is 17.0 Å². The number of aryl methyl sites for hydroxylation is 2. The van der Waals surface area contributed by atoms with Crippen molar-refractivity contribution in [3.8, 4) is 0 Å². The zero-order chi connectivity index (χ0) is 14.2. The van der Waals surface area contributed by atoms with Gasteiger partial charge in [-0.25, -0.2) is 4.79 Å². The maximum atomic E-state index is 11.5. The summed E-state index contributed by atoms with van der Waals surface area (Å²) in [4.78, 5) is 15.6. The Hall–Kier alpha value is -1.94. The standard InChI is InChI=1S/C16H19N2O2.ClH/c1-2-20-16(19)13-18-10-4-6-15(12-18)8-7-14-5-3-9-17-11-14;/h3-6,9-12H,2,7-8,13H2,1H3;1H/q+1;/p-1. The van der Waals surface area contributed by atoms with E-state index in [1.54, 1.807) is 6.20 Å². The number of rotatable bonds is 6. The molecule has 4 nitrogen and oxygen atoms in total. The number of hydrogen-bond acceptors (Lipinski definition) is 3. The average molecular weight is 307 g/mol. The van der Waals surface area contributed by atoms with Crippen LogP contribution in [0.5, 0.6) is 0 Å². The molecule has 0 amide bonds. The van der Waals surface area contributed by atoms with E-state index < -0.39 is 0 Å². The van der Waals surface area contributed by atoms with Crippen LogP contribution in [0, 0.1) is 0 Å². The van der Waals surface area contributed by atoms with Gasteiger partial charge in [0.05, 0.1) is 6.61 Å². The number of esters is 1. The van der Waals surface area contributed by atoms with E-state index in [1.807, 2.05) is 42.2 Å². The summed E-state index contributed by atoms with van der Waals surface area (Å²) in [7, 11) is 0. The molecule has 2 aromatic rings. The molecular formula is C16H19ClN2O2. The van der Waals surface area contributed by atoms with E-state index in [4.69, 9.17) is 4.74 Å². The zero-order valence-electron chi connectivity index (χ0n) is 12.0. The van der Waals surface area contributed by atoms with Crippen molar-refractivity contribution in [1.29, 1.82) is 0 Å². The molecule has 5 heteroatoms. The number of pyridine rings is 2. The Labute approximate surface area is 131 Å². The van der Waals surface area contributed by atoms with Crippen LogP contribution in [0.2, 0.25) is 0 Å². The largest absolute Gasteiger partial charge is 1.00 e. The van der Waals surface area contributed by atoms with Crippen LogP contribution in [0.3, 0.4) is 0 Å². The lowest BCUT2D eigenvalue weighted by Crippen LogP contribution is -3.00. The minimum Gasteiger partial charge on any atom is -1.00 e. The molecule has 2 rings (SSSR count). The van der Waals surface area contributed by atoms with Crippen molar-refractivity contribution in [2.75, 3.05) is 6.61 Å². The predicted molar refractivity (Wildman–Crippen MR) is 74.9 cm³/mol. The Balaban J connectivity index is 0.00000220.